The first-order valence-corrected chi connectivity index (χ1v) is 14.3. The largest absolute Gasteiger partial charge is 0.490 e. The van der Waals surface area contributed by atoms with Gasteiger partial charge in [0.15, 0.2) is 11.5 Å². The molecule has 0 atom stereocenters. The van der Waals surface area contributed by atoms with Crippen LogP contribution in [0.5, 0.6) is 23.0 Å². The average Bonchev–Trinajstić information content (AvgIpc) is 3.78. The number of rotatable bonds is 9. The van der Waals surface area contributed by atoms with E-state index < -0.39 is 0 Å². The van der Waals surface area contributed by atoms with Crippen molar-refractivity contribution in [1.29, 1.82) is 0 Å². The number of allylic oxidation sites excluding steroid dienone is 12. The molecule has 5 aliphatic rings. The van der Waals surface area contributed by atoms with Crippen molar-refractivity contribution in [3.8, 4) is 23.0 Å². The van der Waals surface area contributed by atoms with Crippen LogP contribution in [-0.4, -0.2) is 49.3 Å². The van der Waals surface area contributed by atoms with E-state index in [1.807, 2.05) is 101 Å². The summed E-state index contributed by atoms with van der Waals surface area (Å²) in [6, 6.07) is 1.95. The van der Waals surface area contributed by atoms with Crippen LogP contribution in [-0.2, 0) is 0 Å². The molecule has 6 rings (SSSR count). The van der Waals surface area contributed by atoms with Gasteiger partial charge < -0.3 is 18.9 Å². The minimum atomic E-state index is 0.435. The molecule has 0 fully saturated rings. The molecule has 0 spiro atoms. The SMILES string of the molecule is CCOc1cc(C2=CC3=NC2=CC2=NC(=CC4=NC(=CC5=NC(=C3)C=C5)C=C4)C=C2)c(OCC)c(OCC)c1OCC. The summed E-state index contributed by atoms with van der Waals surface area (Å²) in [5, 5.41) is 0. The molecule has 0 aromatic heterocycles. The van der Waals surface area contributed by atoms with Crippen molar-refractivity contribution < 1.29 is 18.9 Å². The maximum atomic E-state index is 6.25. The first-order chi connectivity index (χ1) is 20.6. The summed E-state index contributed by atoms with van der Waals surface area (Å²) in [5.41, 5.74) is 8.07. The Morgan fingerprint density at radius 1 is 0.476 bits per heavy atom. The zero-order valence-electron chi connectivity index (χ0n) is 24.2. The fourth-order valence-electron chi connectivity index (χ4n) is 5.02. The van der Waals surface area contributed by atoms with Crippen LogP contribution in [0.25, 0.3) is 5.57 Å². The molecule has 1 aromatic rings. The molecule has 0 radical (unpaired) electrons. The quantitative estimate of drug-likeness (QED) is 0.336. The summed E-state index contributed by atoms with van der Waals surface area (Å²) < 4.78 is 24.5. The zero-order valence-corrected chi connectivity index (χ0v) is 24.2. The number of fused-ring (bicyclic) bond motifs is 4. The van der Waals surface area contributed by atoms with Crippen LogP contribution in [0.4, 0.5) is 0 Å². The average molecular weight is 561 g/mol. The summed E-state index contributed by atoms with van der Waals surface area (Å²) in [5.74, 6) is 2.21. The lowest BCUT2D eigenvalue weighted by Crippen LogP contribution is -2.07. The van der Waals surface area contributed by atoms with Gasteiger partial charge in [0.25, 0.3) is 0 Å². The molecular formula is C34H32N4O4. The Kier molecular flexibility index (Phi) is 7.68. The van der Waals surface area contributed by atoms with Crippen LogP contribution in [0.2, 0.25) is 0 Å². The molecule has 0 N–H and O–H groups in total. The molecule has 0 saturated heterocycles. The molecule has 0 saturated carbocycles. The molecule has 5 aliphatic heterocycles. The molecule has 8 nitrogen and oxygen atoms in total. The van der Waals surface area contributed by atoms with E-state index in [1.165, 1.54) is 0 Å². The third-order valence-electron chi connectivity index (χ3n) is 6.65. The predicted octanol–water partition coefficient (Wildman–Crippen LogP) is 6.70. The van der Waals surface area contributed by atoms with E-state index >= 15 is 0 Å². The highest BCUT2D eigenvalue weighted by atomic mass is 16.6. The van der Waals surface area contributed by atoms with E-state index in [1.54, 1.807) is 0 Å². The number of hydrogen-bond acceptors (Lipinski definition) is 8. The van der Waals surface area contributed by atoms with Gasteiger partial charge in [-0.15, -0.1) is 0 Å². The normalized spacial score (nSPS) is 18.0. The third-order valence-corrected chi connectivity index (χ3v) is 6.65. The molecule has 42 heavy (non-hydrogen) atoms. The van der Waals surface area contributed by atoms with E-state index in [0.29, 0.717) is 49.4 Å². The summed E-state index contributed by atoms with van der Waals surface area (Å²) in [7, 11) is 0. The molecule has 1 aromatic carbocycles. The summed E-state index contributed by atoms with van der Waals surface area (Å²) >= 11 is 0. The van der Waals surface area contributed by atoms with Gasteiger partial charge in [-0.25, -0.2) is 20.0 Å². The van der Waals surface area contributed by atoms with Crippen molar-refractivity contribution in [2.75, 3.05) is 26.4 Å². The van der Waals surface area contributed by atoms with Crippen molar-refractivity contribution in [3.05, 3.63) is 101 Å². The summed E-state index contributed by atoms with van der Waals surface area (Å²) in [6.45, 7) is 9.56. The first-order valence-electron chi connectivity index (χ1n) is 14.3. The van der Waals surface area contributed by atoms with E-state index in [-0.39, 0.29) is 0 Å². The minimum absolute atomic E-state index is 0.435. The monoisotopic (exact) mass is 560 g/mol. The van der Waals surface area contributed by atoms with Gasteiger partial charge >= 0.3 is 0 Å². The highest BCUT2D eigenvalue weighted by Crippen LogP contribution is 2.51. The number of benzene rings is 1. The number of nitrogens with zero attached hydrogens (tertiary/aromatic N) is 4. The van der Waals surface area contributed by atoms with Gasteiger partial charge in [-0.3, -0.25) is 0 Å². The van der Waals surface area contributed by atoms with Crippen LogP contribution in [0.15, 0.2) is 116 Å². The Morgan fingerprint density at radius 2 is 0.976 bits per heavy atom. The Balaban J connectivity index is 1.54. The third kappa shape index (κ3) is 5.48. The Bertz CT molecular complexity index is 1700. The van der Waals surface area contributed by atoms with Crippen molar-refractivity contribution in [1.82, 2.24) is 0 Å². The molecule has 212 valence electrons. The molecule has 8 bridgehead atoms. The molecule has 0 aliphatic carbocycles. The Morgan fingerprint density at radius 3 is 1.55 bits per heavy atom. The standard InChI is InChI=1S/C34H32N4O4/c1-5-39-31-20-29(32(40-6-2)34(42-8-4)33(31)41-7-3)28-18-27-17-25-12-11-23(36-25)15-21-9-10-22(35-21)16-24-13-14-26(37-24)19-30(28)38-27/h9-20H,5-8H2,1-4H3. The second kappa shape index (κ2) is 11.9. The molecule has 5 heterocycles. The second-order valence-electron chi connectivity index (χ2n) is 9.58. The van der Waals surface area contributed by atoms with Crippen LogP contribution < -0.4 is 18.9 Å². The number of hydrogen-bond donors (Lipinski definition) is 0. The predicted molar refractivity (Wildman–Crippen MR) is 169 cm³/mol. The van der Waals surface area contributed by atoms with Crippen LogP contribution >= 0.6 is 0 Å². The zero-order chi connectivity index (χ0) is 29.1. The number of aliphatic imine (C=N–C) groups is 4. The molecule has 0 unspecified atom stereocenters. The van der Waals surface area contributed by atoms with Crippen LogP contribution in [0.1, 0.15) is 33.3 Å². The van der Waals surface area contributed by atoms with Crippen LogP contribution in [0, 0.1) is 0 Å². The van der Waals surface area contributed by atoms with E-state index in [0.717, 1.165) is 56.8 Å². The topological polar surface area (TPSA) is 86.4 Å². The highest BCUT2D eigenvalue weighted by Gasteiger charge is 2.28. The van der Waals surface area contributed by atoms with Gasteiger partial charge in [0.2, 0.25) is 11.5 Å². The van der Waals surface area contributed by atoms with Crippen molar-refractivity contribution in [3.63, 3.8) is 0 Å². The molecule has 8 heteroatoms. The van der Waals surface area contributed by atoms with E-state index in [4.69, 9.17) is 38.9 Å². The van der Waals surface area contributed by atoms with Crippen LogP contribution in [0.3, 0.4) is 0 Å². The van der Waals surface area contributed by atoms with Gasteiger partial charge in [-0.1, -0.05) is 0 Å². The lowest BCUT2D eigenvalue weighted by Gasteiger charge is -2.22. The highest BCUT2D eigenvalue weighted by molar-refractivity contribution is 6.19. The van der Waals surface area contributed by atoms with Gasteiger partial charge in [0, 0.05) is 11.1 Å². The maximum Gasteiger partial charge on any atom is 0.208 e. The van der Waals surface area contributed by atoms with E-state index in [2.05, 4.69) is 0 Å². The number of ether oxygens (including phenoxy) is 4. The molecule has 0 amide bonds. The van der Waals surface area contributed by atoms with Crippen molar-refractivity contribution >= 4 is 28.4 Å². The smallest absolute Gasteiger partial charge is 0.208 e. The first kappa shape index (κ1) is 27.2. The lowest BCUT2D eigenvalue weighted by atomic mass is 9.99. The summed E-state index contributed by atoms with van der Waals surface area (Å²) in [6.07, 6.45) is 21.8. The van der Waals surface area contributed by atoms with E-state index in [9.17, 15) is 0 Å². The van der Waals surface area contributed by atoms with Crippen molar-refractivity contribution in [2.24, 2.45) is 20.0 Å². The molecular weight excluding hydrogens is 528 g/mol. The van der Waals surface area contributed by atoms with Gasteiger partial charge in [-0.2, -0.15) is 0 Å². The minimum Gasteiger partial charge on any atom is -0.490 e. The fraction of sp³-hybridized carbons (Fsp3) is 0.235. The van der Waals surface area contributed by atoms with Gasteiger partial charge in [-0.05, 0) is 101 Å². The van der Waals surface area contributed by atoms with Crippen molar-refractivity contribution in [2.45, 2.75) is 27.7 Å². The Labute approximate surface area is 245 Å². The second-order valence-corrected chi connectivity index (χ2v) is 9.58. The summed E-state index contributed by atoms with van der Waals surface area (Å²) in [4.78, 5) is 19.3. The van der Waals surface area contributed by atoms with Gasteiger partial charge in [0.05, 0.1) is 72.1 Å². The lowest BCUT2D eigenvalue weighted by molar-refractivity contribution is 0.244. The maximum absolute atomic E-state index is 6.25. The Hall–Kier alpha value is -4.98. The van der Waals surface area contributed by atoms with Gasteiger partial charge in [0.1, 0.15) is 0 Å². The fourth-order valence-corrected chi connectivity index (χ4v) is 5.02.